The number of aryl methyl sites for hydroxylation is 2. The van der Waals surface area contributed by atoms with Gasteiger partial charge in [-0.3, -0.25) is 0 Å². The number of hydrogen-bond acceptors (Lipinski definition) is 4. The van der Waals surface area contributed by atoms with Crippen molar-refractivity contribution in [3.05, 3.63) is 28.0 Å². The fraction of sp³-hybridized carbons (Fsp3) is 0.400. The van der Waals surface area contributed by atoms with E-state index in [1.165, 1.54) is 0 Å². The van der Waals surface area contributed by atoms with E-state index in [4.69, 9.17) is 0 Å². The summed E-state index contributed by atoms with van der Waals surface area (Å²) in [5, 5.41) is 6.41. The van der Waals surface area contributed by atoms with E-state index in [2.05, 4.69) is 32.6 Å². The second-order valence-electron chi connectivity index (χ2n) is 3.61. The summed E-state index contributed by atoms with van der Waals surface area (Å²) in [7, 11) is 0. The molecule has 0 radical (unpaired) electrons. The maximum atomic E-state index is 4.43. The molecule has 15 heavy (non-hydrogen) atoms. The minimum absolute atomic E-state index is 0.189. The van der Waals surface area contributed by atoms with Crippen LogP contribution in [0.2, 0.25) is 0 Å². The van der Waals surface area contributed by atoms with Crippen LogP contribution in [-0.4, -0.2) is 15.0 Å². The number of nitrogens with zero attached hydrogens (tertiary/aromatic N) is 2. The van der Waals surface area contributed by atoms with Crippen molar-refractivity contribution in [2.75, 3.05) is 5.32 Å². The normalized spacial score (nSPS) is 12.7. The lowest BCUT2D eigenvalue weighted by Gasteiger charge is -2.09. The molecule has 0 aliphatic carbocycles. The molecule has 0 aliphatic rings. The Kier molecular flexibility index (Phi) is 2.73. The SMILES string of the molecule is Cc1csc(C(C)Nc2ncc(C)[nH]2)n1. The first-order valence-electron chi connectivity index (χ1n) is 4.85. The van der Waals surface area contributed by atoms with Crippen molar-refractivity contribution in [3.63, 3.8) is 0 Å². The lowest BCUT2D eigenvalue weighted by Crippen LogP contribution is -2.07. The fourth-order valence-electron chi connectivity index (χ4n) is 1.32. The molecule has 0 saturated heterocycles. The number of H-pyrrole nitrogens is 1. The number of thiazole rings is 1. The molecule has 1 unspecified atom stereocenters. The Hall–Kier alpha value is -1.36. The van der Waals surface area contributed by atoms with Gasteiger partial charge >= 0.3 is 0 Å². The minimum Gasteiger partial charge on any atom is -0.347 e. The molecule has 0 bridgehead atoms. The quantitative estimate of drug-likeness (QED) is 0.839. The number of anilines is 1. The Balaban J connectivity index is 2.06. The van der Waals surface area contributed by atoms with Crippen LogP contribution in [-0.2, 0) is 0 Å². The van der Waals surface area contributed by atoms with Crippen molar-refractivity contribution in [1.29, 1.82) is 0 Å². The van der Waals surface area contributed by atoms with E-state index in [0.717, 1.165) is 22.3 Å². The van der Waals surface area contributed by atoms with Crippen LogP contribution < -0.4 is 5.32 Å². The van der Waals surface area contributed by atoms with Gasteiger partial charge in [-0.05, 0) is 20.8 Å². The monoisotopic (exact) mass is 222 g/mol. The van der Waals surface area contributed by atoms with Crippen LogP contribution in [0.15, 0.2) is 11.6 Å². The molecule has 2 rings (SSSR count). The van der Waals surface area contributed by atoms with Gasteiger partial charge in [-0.15, -0.1) is 11.3 Å². The molecule has 2 aromatic rings. The van der Waals surface area contributed by atoms with Crippen molar-refractivity contribution in [2.24, 2.45) is 0 Å². The summed E-state index contributed by atoms with van der Waals surface area (Å²) >= 11 is 1.67. The standard InChI is InChI=1S/C10H14N4S/c1-6-4-11-10(13-6)14-8(3)9-12-7(2)5-15-9/h4-5,8H,1-3H3,(H2,11,13,14). The summed E-state index contributed by atoms with van der Waals surface area (Å²) < 4.78 is 0. The largest absolute Gasteiger partial charge is 0.347 e. The topological polar surface area (TPSA) is 53.6 Å². The highest BCUT2D eigenvalue weighted by Crippen LogP contribution is 2.20. The van der Waals surface area contributed by atoms with Crippen molar-refractivity contribution in [3.8, 4) is 0 Å². The van der Waals surface area contributed by atoms with Crippen LogP contribution >= 0.6 is 11.3 Å². The highest BCUT2D eigenvalue weighted by molar-refractivity contribution is 7.09. The van der Waals surface area contributed by atoms with E-state index in [9.17, 15) is 0 Å². The van der Waals surface area contributed by atoms with Gasteiger partial charge in [0.2, 0.25) is 5.95 Å². The Morgan fingerprint density at radius 2 is 2.27 bits per heavy atom. The number of aromatic amines is 1. The maximum absolute atomic E-state index is 4.43. The summed E-state index contributed by atoms with van der Waals surface area (Å²) in [4.78, 5) is 11.8. The lowest BCUT2D eigenvalue weighted by molar-refractivity contribution is 0.848. The van der Waals surface area contributed by atoms with Gasteiger partial charge in [0.1, 0.15) is 5.01 Å². The molecule has 0 aliphatic heterocycles. The smallest absolute Gasteiger partial charge is 0.200 e. The maximum Gasteiger partial charge on any atom is 0.200 e. The van der Waals surface area contributed by atoms with Gasteiger partial charge in [-0.1, -0.05) is 0 Å². The molecule has 1 atom stereocenters. The van der Waals surface area contributed by atoms with Gasteiger partial charge in [-0.25, -0.2) is 9.97 Å². The van der Waals surface area contributed by atoms with E-state index in [0.29, 0.717) is 0 Å². The predicted molar refractivity (Wildman–Crippen MR) is 62.2 cm³/mol. The highest BCUT2D eigenvalue weighted by atomic mass is 32.1. The zero-order valence-electron chi connectivity index (χ0n) is 9.03. The summed E-state index contributed by atoms with van der Waals surface area (Å²) in [6, 6.07) is 0.189. The van der Waals surface area contributed by atoms with Crippen LogP contribution in [0.25, 0.3) is 0 Å². The van der Waals surface area contributed by atoms with Crippen molar-refractivity contribution < 1.29 is 0 Å². The molecule has 2 aromatic heterocycles. The summed E-state index contributed by atoms with van der Waals surface area (Å²) in [6.07, 6.45) is 1.81. The Morgan fingerprint density at radius 1 is 1.47 bits per heavy atom. The number of hydrogen-bond donors (Lipinski definition) is 2. The molecule has 2 N–H and O–H groups in total. The van der Waals surface area contributed by atoms with Gasteiger partial charge in [0.15, 0.2) is 0 Å². The van der Waals surface area contributed by atoms with E-state index in [1.807, 2.05) is 20.0 Å². The minimum atomic E-state index is 0.189. The average molecular weight is 222 g/mol. The predicted octanol–water partition coefficient (Wildman–Crippen LogP) is 2.66. The number of nitrogens with one attached hydrogen (secondary N) is 2. The first-order valence-corrected chi connectivity index (χ1v) is 5.73. The molecule has 5 heteroatoms. The van der Waals surface area contributed by atoms with Crippen LogP contribution in [0.4, 0.5) is 5.95 Å². The van der Waals surface area contributed by atoms with Gasteiger partial charge in [-0.2, -0.15) is 0 Å². The first-order chi connectivity index (χ1) is 7.15. The number of rotatable bonds is 3. The fourth-order valence-corrected chi connectivity index (χ4v) is 2.13. The Morgan fingerprint density at radius 3 is 2.80 bits per heavy atom. The molecule has 0 amide bonds. The van der Waals surface area contributed by atoms with Crippen molar-refractivity contribution in [1.82, 2.24) is 15.0 Å². The zero-order valence-corrected chi connectivity index (χ0v) is 9.85. The van der Waals surface area contributed by atoms with Crippen LogP contribution in [0, 0.1) is 13.8 Å². The third kappa shape index (κ3) is 2.36. The first kappa shape index (κ1) is 10.2. The average Bonchev–Trinajstić information content (AvgIpc) is 2.75. The van der Waals surface area contributed by atoms with Gasteiger partial charge < -0.3 is 10.3 Å². The Bertz CT molecular complexity index is 446. The Labute approximate surface area is 92.8 Å². The second-order valence-corrected chi connectivity index (χ2v) is 4.50. The summed E-state index contributed by atoms with van der Waals surface area (Å²) in [6.45, 7) is 6.07. The number of imidazole rings is 1. The molecule has 4 nitrogen and oxygen atoms in total. The van der Waals surface area contributed by atoms with Crippen LogP contribution in [0.1, 0.15) is 29.4 Å². The van der Waals surface area contributed by atoms with Gasteiger partial charge in [0.05, 0.1) is 6.04 Å². The van der Waals surface area contributed by atoms with E-state index < -0.39 is 0 Å². The number of aromatic nitrogens is 3. The molecule has 0 spiro atoms. The molecule has 80 valence electrons. The molecular formula is C10H14N4S. The van der Waals surface area contributed by atoms with Gasteiger partial charge in [0, 0.05) is 23.0 Å². The van der Waals surface area contributed by atoms with E-state index >= 15 is 0 Å². The van der Waals surface area contributed by atoms with E-state index in [-0.39, 0.29) is 6.04 Å². The third-order valence-electron chi connectivity index (χ3n) is 2.06. The zero-order chi connectivity index (χ0) is 10.8. The van der Waals surface area contributed by atoms with E-state index in [1.54, 1.807) is 11.3 Å². The second kappa shape index (κ2) is 4.02. The molecular weight excluding hydrogens is 208 g/mol. The van der Waals surface area contributed by atoms with Crippen molar-refractivity contribution in [2.45, 2.75) is 26.8 Å². The highest BCUT2D eigenvalue weighted by Gasteiger charge is 2.10. The summed E-state index contributed by atoms with van der Waals surface area (Å²) in [5.74, 6) is 0.799. The van der Waals surface area contributed by atoms with Gasteiger partial charge in [0.25, 0.3) is 0 Å². The van der Waals surface area contributed by atoms with Crippen LogP contribution in [0.5, 0.6) is 0 Å². The third-order valence-corrected chi connectivity index (χ3v) is 3.21. The molecule has 0 saturated carbocycles. The lowest BCUT2D eigenvalue weighted by atomic mass is 10.3. The van der Waals surface area contributed by atoms with Crippen molar-refractivity contribution >= 4 is 17.3 Å². The summed E-state index contributed by atoms with van der Waals surface area (Å²) in [5.41, 5.74) is 2.12. The molecule has 0 fully saturated rings. The molecule has 2 heterocycles. The molecule has 0 aromatic carbocycles. The van der Waals surface area contributed by atoms with Crippen LogP contribution in [0.3, 0.4) is 0 Å².